The van der Waals surface area contributed by atoms with Crippen LogP contribution in [0.1, 0.15) is 13.3 Å². The first-order valence-electron chi connectivity index (χ1n) is 4.76. The van der Waals surface area contributed by atoms with E-state index < -0.39 is 0 Å². The summed E-state index contributed by atoms with van der Waals surface area (Å²) in [6.07, 6.45) is 2.22. The molecule has 1 rings (SSSR count). The van der Waals surface area contributed by atoms with Crippen molar-refractivity contribution in [2.45, 2.75) is 13.3 Å². The van der Waals surface area contributed by atoms with E-state index in [2.05, 4.69) is 11.9 Å². The summed E-state index contributed by atoms with van der Waals surface area (Å²) in [6.45, 7) is 6.07. The summed E-state index contributed by atoms with van der Waals surface area (Å²) in [5.41, 5.74) is 0. The molecule has 1 amide bonds. The molecule has 4 nitrogen and oxygen atoms in total. The molecule has 0 radical (unpaired) electrons. The van der Waals surface area contributed by atoms with E-state index in [1.54, 1.807) is 13.0 Å². The van der Waals surface area contributed by atoms with Crippen molar-refractivity contribution in [1.29, 1.82) is 0 Å². The van der Waals surface area contributed by atoms with Crippen LogP contribution in [0.5, 0.6) is 0 Å². The Morgan fingerprint density at radius 3 is 2.86 bits per heavy atom. The van der Waals surface area contributed by atoms with E-state index in [-0.39, 0.29) is 23.7 Å². The number of hydrogen-bond acceptors (Lipinski definition) is 3. The lowest BCUT2D eigenvalue weighted by Gasteiger charge is -2.01. The molecule has 2 unspecified atom stereocenters. The van der Waals surface area contributed by atoms with Crippen molar-refractivity contribution in [3.8, 4) is 0 Å². The molecule has 0 bridgehead atoms. The van der Waals surface area contributed by atoms with E-state index in [0.717, 1.165) is 0 Å². The van der Waals surface area contributed by atoms with Crippen molar-refractivity contribution in [2.24, 2.45) is 11.8 Å². The SMILES string of the molecule is C=CCNC(=O)C1CC1C(=O)OCC. The van der Waals surface area contributed by atoms with E-state index >= 15 is 0 Å². The zero-order valence-corrected chi connectivity index (χ0v) is 8.29. The Bertz CT molecular complexity index is 250. The molecule has 0 aromatic carbocycles. The molecule has 0 saturated heterocycles. The van der Waals surface area contributed by atoms with Crippen molar-refractivity contribution < 1.29 is 14.3 Å². The second-order valence-corrected chi connectivity index (χ2v) is 3.23. The highest BCUT2D eigenvalue weighted by atomic mass is 16.5. The van der Waals surface area contributed by atoms with Gasteiger partial charge in [0.15, 0.2) is 0 Å². The van der Waals surface area contributed by atoms with E-state index in [9.17, 15) is 9.59 Å². The highest BCUT2D eigenvalue weighted by Crippen LogP contribution is 2.39. The molecule has 78 valence electrons. The van der Waals surface area contributed by atoms with Crippen LogP contribution in [-0.4, -0.2) is 25.0 Å². The average molecular weight is 197 g/mol. The summed E-state index contributed by atoms with van der Waals surface area (Å²) in [7, 11) is 0. The summed E-state index contributed by atoms with van der Waals surface area (Å²) < 4.78 is 4.81. The molecular weight excluding hydrogens is 182 g/mol. The molecule has 14 heavy (non-hydrogen) atoms. The number of rotatable bonds is 5. The van der Waals surface area contributed by atoms with Crippen molar-refractivity contribution in [3.63, 3.8) is 0 Å². The van der Waals surface area contributed by atoms with Crippen LogP contribution in [-0.2, 0) is 14.3 Å². The van der Waals surface area contributed by atoms with Gasteiger partial charge in [0.05, 0.1) is 18.4 Å². The van der Waals surface area contributed by atoms with Gasteiger partial charge in [0, 0.05) is 6.54 Å². The van der Waals surface area contributed by atoms with Gasteiger partial charge in [-0.25, -0.2) is 0 Å². The average Bonchev–Trinajstić information content (AvgIpc) is 2.94. The number of esters is 1. The minimum absolute atomic E-state index is 0.0806. The maximum absolute atomic E-state index is 11.3. The molecular formula is C10H15NO3. The monoisotopic (exact) mass is 197 g/mol. The predicted molar refractivity (Wildman–Crippen MR) is 51.4 cm³/mol. The minimum Gasteiger partial charge on any atom is -0.466 e. The second kappa shape index (κ2) is 4.79. The third-order valence-corrected chi connectivity index (χ3v) is 2.14. The molecule has 1 aliphatic carbocycles. The molecule has 1 N–H and O–H groups in total. The van der Waals surface area contributed by atoms with E-state index in [1.165, 1.54) is 0 Å². The Labute approximate surface area is 83.3 Å². The van der Waals surface area contributed by atoms with Gasteiger partial charge in [-0.3, -0.25) is 9.59 Å². The Kier molecular flexibility index (Phi) is 3.68. The zero-order chi connectivity index (χ0) is 10.6. The molecule has 0 aromatic rings. The van der Waals surface area contributed by atoms with Crippen LogP contribution in [0.25, 0.3) is 0 Å². The number of carbonyl (C=O) groups is 2. The van der Waals surface area contributed by atoms with Gasteiger partial charge in [-0.05, 0) is 13.3 Å². The highest BCUT2D eigenvalue weighted by Gasteiger charge is 2.48. The largest absolute Gasteiger partial charge is 0.466 e. The fourth-order valence-electron chi connectivity index (χ4n) is 1.30. The molecule has 2 atom stereocenters. The zero-order valence-electron chi connectivity index (χ0n) is 8.29. The van der Waals surface area contributed by atoms with Crippen LogP contribution < -0.4 is 5.32 Å². The summed E-state index contributed by atoms with van der Waals surface area (Å²) >= 11 is 0. The van der Waals surface area contributed by atoms with Gasteiger partial charge in [0.1, 0.15) is 0 Å². The fraction of sp³-hybridized carbons (Fsp3) is 0.600. The molecule has 0 heterocycles. The summed E-state index contributed by atoms with van der Waals surface area (Å²) in [5.74, 6) is -0.747. The van der Waals surface area contributed by atoms with Crippen LogP contribution in [0.2, 0.25) is 0 Å². The van der Waals surface area contributed by atoms with Gasteiger partial charge >= 0.3 is 5.97 Å². The highest BCUT2D eigenvalue weighted by molar-refractivity contribution is 5.90. The first kappa shape index (κ1) is 10.8. The topological polar surface area (TPSA) is 55.4 Å². The third-order valence-electron chi connectivity index (χ3n) is 2.14. The minimum atomic E-state index is -0.258. The lowest BCUT2D eigenvalue weighted by atomic mass is 10.3. The number of amides is 1. The molecule has 0 aromatic heterocycles. The standard InChI is InChI=1S/C10H15NO3/c1-3-5-11-9(12)7-6-8(7)10(13)14-4-2/h3,7-8H,1,4-6H2,2H3,(H,11,12). The summed E-state index contributed by atoms with van der Waals surface area (Å²) in [5, 5.41) is 2.66. The molecule has 1 fully saturated rings. The lowest BCUT2D eigenvalue weighted by Crippen LogP contribution is -2.26. The van der Waals surface area contributed by atoms with Crippen LogP contribution in [0.15, 0.2) is 12.7 Å². The van der Waals surface area contributed by atoms with Crippen molar-refractivity contribution >= 4 is 11.9 Å². The summed E-state index contributed by atoms with van der Waals surface area (Å²) in [4.78, 5) is 22.5. The number of ether oxygens (including phenoxy) is 1. The lowest BCUT2D eigenvalue weighted by molar-refractivity contribution is -0.146. The smallest absolute Gasteiger partial charge is 0.309 e. The maximum atomic E-state index is 11.3. The predicted octanol–water partition coefficient (Wildman–Crippen LogP) is 0.488. The van der Waals surface area contributed by atoms with Gasteiger partial charge in [-0.2, -0.15) is 0 Å². The third kappa shape index (κ3) is 2.58. The van der Waals surface area contributed by atoms with Crippen molar-refractivity contribution in [1.82, 2.24) is 5.32 Å². The first-order chi connectivity index (χ1) is 6.70. The van der Waals surface area contributed by atoms with E-state index in [4.69, 9.17) is 4.74 Å². The van der Waals surface area contributed by atoms with Crippen LogP contribution in [0.4, 0.5) is 0 Å². The van der Waals surface area contributed by atoms with Crippen molar-refractivity contribution in [2.75, 3.05) is 13.2 Å². The molecule has 1 aliphatic rings. The second-order valence-electron chi connectivity index (χ2n) is 3.23. The normalized spacial score (nSPS) is 23.8. The number of nitrogens with one attached hydrogen (secondary N) is 1. The van der Waals surface area contributed by atoms with Crippen molar-refractivity contribution in [3.05, 3.63) is 12.7 Å². The maximum Gasteiger partial charge on any atom is 0.309 e. The first-order valence-corrected chi connectivity index (χ1v) is 4.76. The fourth-order valence-corrected chi connectivity index (χ4v) is 1.30. The van der Waals surface area contributed by atoms with Gasteiger partial charge in [-0.1, -0.05) is 6.08 Å². The molecule has 0 spiro atoms. The molecule has 1 saturated carbocycles. The van der Waals surface area contributed by atoms with Crippen LogP contribution in [0.3, 0.4) is 0 Å². The Morgan fingerprint density at radius 2 is 2.29 bits per heavy atom. The quantitative estimate of drug-likeness (QED) is 0.515. The molecule has 4 heteroatoms. The van der Waals surface area contributed by atoms with Crippen LogP contribution >= 0.6 is 0 Å². The van der Waals surface area contributed by atoms with Gasteiger partial charge < -0.3 is 10.1 Å². The molecule has 0 aliphatic heterocycles. The number of hydrogen-bond donors (Lipinski definition) is 1. The van der Waals surface area contributed by atoms with Crippen LogP contribution in [0, 0.1) is 11.8 Å². The van der Waals surface area contributed by atoms with E-state index in [0.29, 0.717) is 19.6 Å². The van der Waals surface area contributed by atoms with Gasteiger partial charge in [0.25, 0.3) is 0 Å². The summed E-state index contributed by atoms with van der Waals surface area (Å²) in [6, 6.07) is 0. The Hall–Kier alpha value is -1.32. The Balaban J connectivity index is 2.27. The van der Waals surface area contributed by atoms with Gasteiger partial charge in [0.2, 0.25) is 5.91 Å². The van der Waals surface area contributed by atoms with E-state index in [1.807, 2.05) is 0 Å². The van der Waals surface area contributed by atoms with Gasteiger partial charge in [-0.15, -0.1) is 6.58 Å². The Morgan fingerprint density at radius 1 is 1.57 bits per heavy atom. The number of carbonyl (C=O) groups excluding carboxylic acids is 2.